The van der Waals surface area contributed by atoms with E-state index in [1.807, 2.05) is 13.8 Å². The third kappa shape index (κ3) is 4.24. The summed E-state index contributed by atoms with van der Waals surface area (Å²) in [6, 6.07) is 1.20. The van der Waals surface area contributed by atoms with Crippen molar-refractivity contribution in [2.75, 3.05) is 5.32 Å². The van der Waals surface area contributed by atoms with Crippen LogP contribution in [0.3, 0.4) is 0 Å². The second-order valence-electron chi connectivity index (χ2n) is 4.72. The number of rotatable bonds is 5. The number of nitrogens with one attached hydrogen (secondary N) is 2. The molecular weight excluding hydrogens is 246 g/mol. The van der Waals surface area contributed by atoms with Gasteiger partial charge in [0.25, 0.3) is 0 Å². The average molecular weight is 265 g/mol. The fourth-order valence-corrected chi connectivity index (χ4v) is 1.76. The van der Waals surface area contributed by atoms with Crippen LogP contribution in [0, 0.1) is 6.92 Å². The Morgan fingerprint density at radius 1 is 1.42 bits per heavy atom. The zero-order valence-electron chi connectivity index (χ0n) is 11.4. The largest absolute Gasteiger partial charge is 0.480 e. The Balaban J connectivity index is 2.71. The van der Waals surface area contributed by atoms with Crippen molar-refractivity contribution in [1.29, 1.82) is 0 Å². The number of hydrogen-bond acceptors (Lipinski definition) is 3. The van der Waals surface area contributed by atoms with E-state index < -0.39 is 17.5 Å². The number of nitrogens with zero attached hydrogens (tertiary/aromatic N) is 1. The monoisotopic (exact) mass is 265 g/mol. The molecule has 104 valence electrons. The summed E-state index contributed by atoms with van der Waals surface area (Å²) in [5.41, 5.74) is 0.171. The number of pyridine rings is 1. The fraction of sp³-hybridized carbons (Fsp3) is 0.462. The summed E-state index contributed by atoms with van der Waals surface area (Å²) in [6.07, 6.45) is 4.20. The number of urea groups is 1. The van der Waals surface area contributed by atoms with Gasteiger partial charge in [0.1, 0.15) is 5.54 Å². The van der Waals surface area contributed by atoms with E-state index in [1.54, 1.807) is 12.3 Å². The standard InChI is InChI=1S/C13H19N3O3/c1-4-5-13(3,11(17)18)16-12(19)15-10-6-9(2)7-14-8-10/h6-8H,4-5H2,1-3H3,(H,17,18)(H2,15,16,19). The van der Waals surface area contributed by atoms with E-state index in [2.05, 4.69) is 15.6 Å². The van der Waals surface area contributed by atoms with Crippen LogP contribution in [0.4, 0.5) is 10.5 Å². The van der Waals surface area contributed by atoms with Gasteiger partial charge in [0, 0.05) is 6.20 Å². The zero-order valence-corrected chi connectivity index (χ0v) is 11.4. The van der Waals surface area contributed by atoms with Crippen molar-refractivity contribution < 1.29 is 14.7 Å². The summed E-state index contributed by atoms with van der Waals surface area (Å²) in [6.45, 7) is 5.21. The van der Waals surface area contributed by atoms with Crippen molar-refractivity contribution in [3.63, 3.8) is 0 Å². The highest BCUT2D eigenvalue weighted by Crippen LogP contribution is 2.13. The Hall–Kier alpha value is -2.11. The van der Waals surface area contributed by atoms with Gasteiger partial charge in [0.2, 0.25) is 0 Å². The maximum absolute atomic E-state index is 11.8. The number of carboxylic acid groups (broad SMARTS) is 1. The van der Waals surface area contributed by atoms with Crippen LogP contribution in [-0.2, 0) is 4.79 Å². The topological polar surface area (TPSA) is 91.3 Å². The van der Waals surface area contributed by atoms with Crippen LogP contribution in [0.2, 0.25) is 0 Å². The first-order valence-corrected chi connectivity index (χ1v) is 6.11. The number of aryl methyl sites for hydroxylation is 1. The number of carbonyl (C=O) groups is 2. The van der Waals surface area contributed by atoms with Crippen molar-refractivity contribution in [3.05, 3.63) is 24.0 Å². The first-order chi connectivity index (χ1) is 8.87. The molecule has 0 saturated heterocycles. The lowest BCUT2D eigenvalue weighted by Gasteiger charge is -2.25. The molecule has 1 aromatic rings. The van der Waals surface area contributed by atoms with Crippen LogP contribution in [0.5, 0.6) is 0 Å². The van der Waals surface area contributed by atoms with Gasteiger partial charge in [0.05, 0.1) is 11.9 Å². The summed E-state index contributed by atoms with van der Waals surface area (Å²) in [4.78, 5) is 27.0. The molecule has 6 heteroatoms. The number of amides is 2. The van der Waals surface area contributed by atoms with E-state index in [1.165, 1.54) is 13.1 Å². The molecule has 1 aromatic heterocycles. The van der Waals surface area contributed by atoms with E-state index in [0.717, 1.165) is 5.56 Å². The van der Waals surface area contributed by atoms with Crippen LogP contribution >= 0.6 is 0 Å². The molecule has 0 aliphatic rings. The molecule has 6 nitrogen and oxygen atoms in total. The third-order valence-electron chi connectivity index (χ3n) is 2.74. The number of carbonyl (C=O) groups excluding carboxylic acids is 1. The minimum Gasteiger partial charge on any atom is -0.480 e. The van der Waals surface area contributed by atoms with Crippen LogP contribution < -0.4 is 10.6 Å². The normalized spacial score (nSPS) is 13.4. The lowest BCUT2D eigenvalue weighted by atomic mass is 9.97. The van der Waals surface area contributed by atoms with E-state index in [0.29, 0.717) is 18.5 Å². The maximum Gasteiger partial charge on any atom is 0.329 e. The third-order valence-corrected chi connectivity index (χ3v) is 2.74. The van der Waals surface area contributed by atoms with Gasteiger partial charge < -0.3 is 15.7 Å². The molecule has 1 unspecified atom stereocenters. The molecule has 0 aliphatic carbocycles. The van der Waals surface area contributed by atoms with Crippen molar-refractivity contribution in [3.8, 4) is 0 Å². The molecular formula is C13H19N3O3. The van der Waals surface area contributed by atoms with E-state index >= 15 is 0 Å². The van der Waals surface area contributed by atoms with Crippen molar-refractivity contribution >= 4 is 17.7 Å². The Morgan fingerprint density at radius 2 is 2.11 bits per heavy atom. The number of aliphatic carboxylic acids is 1. The Bertz CT molecular complexity index is 476. The molecule has 0 saturated carbocycles. The van der Waals surface area contributed by atoms with E-state index in [9.17, 15) is 9.59 Å². The molecule has 0 aromatic carbocycles. The predicted octanol–water partition coefficient (Wildman–Crippen LogP) is 2.15. The van der Waals surface area contributed by atoms with Gasteiger partial charge in [-0.3, -0.25) is 4.98 Å². The van der Waals surface area contributed by atoms with Gasteiger partial charge in [0.15, 0.2) is 0 Å². The second kappa shape index (κ2) is 6.17. The van der Waals surface area contributed by atoms with Gasteiger partial charge in [-0.1, -0.05) is 13.3 Å². The second-order valence-corrected chi connectivity index (χ2v) is 4.72. The summed E-state index contributed by atoms with van der Waals surface area (Å²) in [7, 11) is 0. The number of hydrogen-bond donors (Lipinski definition) is 3. The van der Waals surface area contributed by atoms with Gasteiger partial charge in [-0.2, -0.15) is 0 Å². The fourth-order valence-electron chi connectivity index (χ4n) is 1.76. The highest BCUT2D eigenvalue weighted by atomic mass is 16.4. The summed E-state index contributed by atoms with van der Waals surface area (Å²) in [5.74, 6) is -1.05. The lowest BCUT2D eigenvalue weighted by molar-refractivity contribution is -0.143. The average Bonchev–Trinajstić information content (AvgIpc) is 2.28. The smallest absolute Gasteiger partial charge is 0.329 e. The van der Waals surface area contributed by atoms with E-state index in [4.69, 9.17) is 5.11 Å². The Labute approximate surface area is 112 Å². The van der Waals surface area contributed by atoms with Crippen LogP contribution in [-0.4, -0.2) is 27.6 Å². The minimum absolute atomic E-state index is 0.363. The van der Waals surface area contributed by atoms with Crippen LogP contribution in [0.1, 0.15) is 32.3 Å². The predicted molar refractivity (Wildman–Crippen MR) is 72.1 cm³/mol. The van der Waals surface area contributed by atoms with Crippen LogP contribution in [0.25, 0.3) is 0 Å². The zero-order chi connectivity index (χ0) is 14.5. The van der Waals surface area contributed by atoms with Gasteiger partial charge >= 0.3 is 12.0 Å². The molecule has 0 spiro atoms. The van der Waals surface area contributed by atoms with Gasteiger partial charge in [-0.15, -0.1) is 0 Å². The molecule has 2 amide bonds. The Morgan fingerprint density at radius 3 is 2.63 bits per heavy atom. The first-order valence-electron chi connectivity index (χ1n) is 6.11. The first kappa shape index (κ1) is 14.9. The lowest BCUT2D eigenvalue weighted by Crippen LogP contribution is -2.53. The number of aromatic nitrogens is 1. The Kier molecular flexibility index (Phi) is 4.86. The molecule has 0 aliphatic heterocycles. The minimum atomic E-state index is -1.27. The highest BCUT2D eigenvalue weighted by molar-refractivity contribution is 5.93. The van der Waals surface area contributed by atoms with E-state index in [-0.39, 0.29) is 0 Å². The van der Waals surface area contributed by atoms with Crippen LogP contribution in [0.15, 0.2) is 18.5 Å². The molecule has 1 atom stereocenters. The molecule has 3 N–H and O–H groups in total. The maximum atomic E-state index is 11.8. The van der Waals surface area contributed by atoms with Gasteiger partial charge in [-0.05, 0) is 31.9 Å². The molecule has 0 bridgehead atoms. The van der Waals surface area contributed by atoms with Crippen molar-refractivity contribution in [2.45, 2.75) is 39.2 Å². The molecule has 0 fully saturated rings. The summed E-state index contributed by atoms with van der Waals surface area (Å²) >= 11 is 0. The SMILES string of the molecule is CCCC(C)(NC(=O)Nc1cncc(C)c1)C(=O)O. The quantitative estimate of drug-likeness (QED) is 0.760. The molecule has 1 heterocycles. The van der Waals surface area contributed by atoms with Gasteiger partial charge in [-0.25, -0.2) is 9.59 Å². The number of carboxylic acids is 1. The molecule has 0 radical (unpaired) electrons. The summed E-state index contributed by atoms with van der Waals surface area (Å²) < 4.78 is 0. The molecule has 19 heavy (non-hydrogen) atoms. The number of anilines is 1. The van der Waals surface area contributed by atoms with Crippen molar-refractivity contribution in [2.24, 2.45) is 0 Å². The summed E-state index contributed by atoms with van der Waals surface area (Å²) in [5, 5.41) is 14.2. The highest BCUT2D eigenvalue weighted by Gasteiger charge is 2.33. The molecule has 1 rings (SSSR count). The van der Waals surface area contributed by atoms with Crippen molar-refractivity contribution in [1.82, 2.24) is 10.3 Å².